The molecule has 0 N–H and O–H groups in total. The minimum Gasteiger partial charge on any atom is -0.493 e. The van der Waals surface area contributed by atoms with E-state index in [1.807, 2.05) is 6.07 Å². The van der Waals surface area contributed by atoms with E-state index in [0.29, 0.717) is 23.7 Å². The summed E-state index contributed by atoms with van der Waals surface area (Å²) in [6.45, 7) is 8.23. The Bertz CT molecular complexity index is 1220. The Hall–Kier alpha value is -3.56. The van der Waals surface area contributed by atoms with Crippen LogP contribution in [0.2, 0.25) is 0 Å². The number of hydrogen-bond donors (Lipinski definition) is 0. The number of fused-ring (bicyclic) bond motifs is 3. The van der Waals surface area contributed by atoms with E-state index in [9.17, 15) is 4.79 Å². The molecule has 0 spiro atoms. The predicted molar refractivity (Wildman–Crippen MR) is 144 cm³/mol. The third-order valence-electron chi connectivity index (χ3n) is 7.37. The monoisotopic (exact) mass is 521 g/mol. The molecular weight excluding hydrogens is 486 g/mol. The molecule has 0 aliphatic carbocycles. The molecule has 2 aromatic carbocycles. The Balaban J connectivity index is 1.22. The van der Waals surface area contributed by atoms with Gasteiger partial charge in [0.15, 0.2) is 17.6 Å². The fraction of sp³-hybridized carbons (Fsp3) is 0.448. The summed E-state index contributed by atoms with van der Waals surface area (Å²) in [5.41, 5.74) is 4.23. The Labute approximate surface area is 223 Å². The molecule has 9 nitrogen and oxygen atoms in total. The number of benzene rings is 2. The van der Waals surface area contributed by atoms with Crippen LogP contribution in [0.5, 0.6) is 17.2 Å². The first kappa shape index (κ1) is 26.1. The number of oxime groups is 1. The Kier molecular flexibility index (Phi) is 7.85. The zero-order valence-electron chi connectivity index (χ0n) is 22.4. The topological polar surface area (TPSA) is 82.1 Å². The van der Waals surface area contributed by atoms with Crippen molar-refractivity contribution in [2.75, 3.05) is 67.2 Å². The summed E-state index contributed by atoms with van der Waals surface area (Å²) in [6, 6.07) is 12.2. The van der Waals surface area contributed by atoms with E-state index in [2.05, 4.69) is 52.2 Å². The Morgan fingerprint density at radius 1 is 1.08 bits per heavy atom. The van der Waals surface area contributed by atoms with Crippen molar-refractivity contribution in [3.63, 3.8) is 0 Å². The van der Waals surface area contributed by atoms with E-state index in [-0.39, 0.29) is 23.3 Å². The van der Waals surface area contributed by atoms with Gasteiger partial charge in [-0.2, -0.15) is 0 Å². The fourth-order valence-corrected chi connectivity index (χ4v) is 5.43. The number of carbonyl (C=O) groups is 1. The molecule has 1 saturated heterocycles. The van der Waals surface area contributed by atoms with Crippen molar-refractivity contribution in [3.8, 4) is 17.2 Å². The van der Waals surface area contributed by atoms with Gasteiger partial charge in [-0.1, -0.05) is 47.1 Å². The van der Waals surface area contributed by atoms with Crippen molar-refractivity contribution in [1.82, 2.24) is 9.80 Å². The number of esters is 1. The second-order valence-electron chi connectivity index (χ2n) is 9.87. The van der Waals surface area contributed by atoms with Crippen LogP contribution in [-0.4, -0.2) is 94.8 Å². The molecule has 38 heavy (non-hydrogen) atoms. The molecule has 9 heteroatoms. The largest absolute Gasteiger partial charge is 0.493 e. The van der Waals surface area contributed by atoms with Gasteiger partial charge in [0, 0.05) is 44.8 Å². The average Bonchev–Trinajstić information content (AvgIpc) is 3.35. The SMILES string of the molecule is COC(=O)c1c(OC)c(OC)cc2c1OCC1C2=NOC1CN1CCN(C/C(C)=C/c2ccccc2)CC1. The van der Waals surface area contributed by atoms with Gasteiger partial charge >= 0.3 is 5.97 Å². The molecule has 3 heterocycles. The number of piperazine rings is 1. The maximum absolute atomic E-state index is 12.6. The summed E-state index contributed by atoms with van der Waals surface area (Å²) in [5.74, 6) is 0.480. The van der Waals surface area contributed by atoms with Crippen LogP contribution in [0.4, 0.5) is 0 Å². The maximum Gasteiger partial charge on any atom is 0.345 e. The van der Waals surface area contributed by atoms with Crippen LogP contribution in [0.15, 0.2) is 47.1 Å². The fourth-order valence-electron chi connectivity index (χ4n) is 5.43. The van der Waals surface area contributed by atoms with E-state index in [0.717, 1.165) is 45.0 Å². The first-order valence-corrected chi connectivity index (χ1v) is 12.9. The molecule has 0 amide bonds. The highest BCUT2D eigenvalue weighted by Crippen LogP contribution is 2.45. The number of methoxy groups -OCH3 is 3. The molecule has 2 unspecified atom stereocenters. The van der Waals surface area contributed by atoms with Crippen LogP contribution in [0.1, 0.15) is 28.4 Å². The van der Waals surface area contributed by atoms with Crippen molar-refractivity contribution in [1.29, 1.82) is 0 Å². The first-order chi connectivity index (χ1) is 18.5. The second-order valence-corrected chi connectivity index (χ2v) is 9.87. The number of hydrogen-bond acceptors (Lipinski definition) is 9. The maximum atomic E-state index is 12.6. The zero-order chi connectivity index (χ0) is 26.6. The standard InChI is InChI=1S/C29H35N3O6/c1-19(14-20-8-6-5-7-9-20)16-31-10-12-32(13-11-31)17-24-22-18-37-27-21(26(22)30-38-24)15-23(34-2)28(35-3)25(27)29(33)36-4/h5-9,14-15,22,24H,10-13,16-18H2,1-4H3/b19-14+. The quantitative estimate of drug-likeness (QED) is 0.490. The summed E-state index contributed by atoms with van der Waals surface area (Å²) in [5, 5.41) is 4.44. The van der Waals surface area contributed by atoms with Crippen LogP contribution >= 0.6 is 0 Å². The minimum atomic E-state index is -0.557. The van der Waals surface area contributed by atoms with Crippen LogP contribution in [0.25, 0.3) is 6.08 Å². The Morgan fingerprint density at radius 2 is 1.82 bits per heavy atom. The van der Waals surface area contributed by atoms with Crippen LogP contribution in [0.3, 0.4) is 0 Å². The molecule has 2 atom stereocenters. The highest BCUT2D eigenvalue weighted by atomic mass is 16.6. The Morgan fingerprint density at radius 3 is 2.50 bits per heavy atom. The first-order valence-electron chi connectivity index (χ1n) is 12.9. The van der Waals surface area contributed by atoms with E-state index in [1.54, 1.807) is 6.07 Å². The molecule has 0 saturated carbocycles. The molecule has 0 aromatic heterocycles. The molecular formula is C29H35N3O6. The van der Waals surface area contributed by atoms with Crippen molar-refractivity contribution in [2.45, 2.75) is 13.0 Å². The van der Waals surface area contributed by atoms with Gasteiger partial charge in [-0.15, -0.1) is 0 Å². The lowest BCUT2D eigenvalue weighted by Gasteiger charge is -2.36. The molecule has 1 fully saturated rings. The summed E-state index contributed by atoms with van der Waals surface area (Å²) in [7, 11) is 4.34. The third-order valence-corrected chi connectivity index (χ3v) is 7.37. The van der Waals surface area contributed by atoms with E-state index >= 15 is 0 Å². The van der Waals surface area contributed by atoms with Gasteiger partial charge in [0.1, 0.15) is 23.6 Å². The normalized spacial score (nSPS) is 21.5. The average molecular weight is 522 g/mol. The lowest BCUT2D eigenvalue weighted by molar-refractivity contribution is 0.00995. The lowest BCUT2D eigenvalue weighted by atomic mass is 9.88. The lowest BCUT2D eigenvalue weighted by Crippen LogP contribution is -2.50. The van der Waals surface area contributed by atoms with Gasteiger partial charge in [-0.3, -0.25) is 9.80 Å². The molecule has 2 aromatic rings. The molecule has 0 bridgehead atoms. The number of nitrogens with zero attached hydrogens (tertiary/aromatic N) is 3. The molecule has 3 aliphatic rings. The van der Waals surface area contributed by atoms with Gasteiger partial charge < -0.3 is 23.8 Å². The molecule has 0 radical (unpaired) electrons. The highest BCUT2D eigenvalue weighted by molar-refractivity contribution is 6.10. The number of ether oxygens (including phenoxy) is 4. The van der Waals surface area contributed by atoms with Crippen molar-refractivity contribution >= 4 is 17.8 Å². The zero-order valence-corrected chi connectivity index (χ0v) is 22.4. The number of carbonyl (C=O) groups excluding carboxylic acids is 1. The minimum absolute atomic E-state index is 0.0415. The van der Waals surface area contributed by atoms with E-state index in [4.69, 9.17) is 23.8 Å². The van der Waals surface area contributed by atoms with Gasteiger partial charge in [-0.05, 0) is 18.6 Å². The highest BCUT2D eigenvalue weighted by Gasteiger charge is 2.43. The predicted octanol–water partition coefficient (Wildman–Crippen LogP) is 3.32. The van der Waals surface area contributed by atoms with E-state index in [1.165, 1.54) is 32.5 Å². The van der Waals surface area contributed by atoms with Gasteiger partial charge in [0.05, 0.1) is 27.2 Å². The molecule has 202 valence electrons. The summed E-state index contributed by atoms with van der Waals surface area (Å²) >= 11 is 0. The summed E-state index contributed by atoms with van der Waals surface area (Å²) < 4.78 is 22.1. The van der Waals surface area contributed by atoms with E-state index < -0.39 is 5.97 Å². The smallest absolute Gasteiger partial charge is 0.345 e. The second kappa shape index (κ2) is 11.4. The van der Waals surface area contributed by atoms with Crippen LogP contribution < -0.4 is 14.2 Å². The number of rotatable bonds is 8. The van der Waals surface area contributed by atoms with Gasteiger partial charge in [-0.25, -0.2) is 4.79 Å². The van der Waals surface area contributed by atoms with Crippen LogP contribution in [0, 0.1) is 5.92 Å². The molecule has 3 aliphatic heterocycles. The van der Waals surface area contributed by atoms with Crippen molar-refractivity contribution in [2.24, 2.45) is 11.1 Å². The summed E-state index contributed by atoms with van der Waals surface area (Å²) in [4.78, 5) is 23.5. The molecule has 5 rings (SSSR count). The third kappa shape index (κ3) is 5.21. The summed E-state index contributed by atoms with van der Waals surface area (Å²) in [6.07, 6.45) is 2.13. The van der Waals surface area contributed by atoms with Crippen LogP contribution in [-0.2, 0) is 9.57 Å². The van der Waals surface area contributed by atoms with Gasteiger partial charge in [0.2, 0.25) is 0 Å². The van der Waals surface area contributed by atoms with Crippen molar-refractivity contribution < 1.29 is 28.6 Å². The van der Waals surface area contributed by atoms with Crippen molar-refractivity contribution in [3.05, 3.63) is 58.7 Å². The van der Waals surface area contributed by atoms with Gasteiger partial charge in [0.25, 0.3) is 0 Å².